The molecule has 10 nitrogen and oxygen atoms in total. The monoisotopic (exact) mass is 442 g/mol. The Balaban J connectivity index is 1.58. The van der Waals surface area contributed by atoms with Crippen LogP contribution in [0, 0.1) is 20.2 Å². The number of imidazole rings is 1. The summed E-state index contributed by atoms with van der Waals surface area (Å²) in [5, 5.41) is 24.5. The second kappa shape index (κ2) is 7.12. The molecule has 1 aliphatic rings. The van der Waals surface area contributed by atoms with Gasteiger partial charge >= 0.3 is 12.0 Å². The maximum atomic E-state index is 12.9. The highest BCUT2D eigenvalue weighted by Gasteiger charge is 2.35. The normalized spacial score (nSPS) is 15.0. The van der Waals surface area contributed by atoms with Crippen molar-refractivity contribution < 1.29 is 23.0 Å². The number of anilines is 2. The maximum Gasteiger partial charge on any atom is 0.416 e. The van der Waals surface area contributed by atoms with Gasteiger partial charge in [-0.1, -0.05) is 11.3 Å². The zero-order valence-electron chi connectivity index (χ0n) is 15.1. The second-order valence-corrected chi connectivity index (χ2v) is 7.38. The van der Waals surface area contributed by atoms with E-state index < -0.39 is 27.3 Å². The molecule has 3 aromatic rings. The van der Waals surface area contributed by atoms with Crippen LogP contribution >= 0.6 is 11.3 Å². The van der Waals surface area contributed by atoms with Crippen molar-refractivity contribution in [2.75, 3.05) is 36.0 Å². The number of benzene rings is 1. The van der Waals surface area contributed by atoms with E-state index in [2.05, 4.69) is 4.98 Å². The molecule has 0 N–H and O–H groups in total. The van der Waals surface area contributed by atoms with E-state index in [9.17, 15) is 33.4 Å². The molecule has 0 atom stereocenters. The zero-order valence-corrected chi connectivity index (χ0v) is 15.9. The molecule has 0 saturated carbocycles. The molecule has 0 spiro atoms. The van der Waals surface area contributed by atoms with Gasteiger partial charge in [0.05, 0.1) is 10.5 Å². The Bertz CT molecular complexity index is 1140. The van der Waals surface area contributed by atoms with Crippen molar-refractivity contribution >= 4 is 39.3 Å². The molecule has 0 aliphatic carbocycles. The van der Waals surface area contributed by atoms with Crippen LogP contribution in [0.1, 0.15) is 5.56 Å². The minimum Gasteiger partial charge on any atom is -0.362 e. The summed E-state index contributed by atoms with van der Waals surface area (Å²) in [6.45, 7) is 0.997. The summed E-state index contributed by atoms with van der Waals surface area (Å²) in [5.74, 6) is 0.0358. The summed E-state index contributed by atoms with van der Waals surface area (Å²) in [6.07, 6.45) is -3.13. The van der Waals surface area contributed by atoms with E-state index in [1.165, 1.54) is 15.7 Å². The molecular formula is C16H13F3N6O4S. The molecule has 0 bridgehead atoms. The number of fused-ring (bicyclic) bond motifs is 1. The average Bonchev–Trinajstić information content (AvgIpc) is 3.27. The Morgan fingerprint density at radius 1 is 1.03 bits per heavy atom. The Morgan fingerprint density at radius 2 is 1.70 bits per heavy atom. The van der Waals surface area contributed by atoms with Crippen LogP contribution in [-0.2, 0) is 6.18 Å². The molecule has 0 amide bonds. The summed E-state index contributed by atoms with van der Waals surface area (Å²) < 4.78 is 40.1. The van der Waals surface area contributed by atoms with Gasteiger partial charge in [0.25, 0.3) is 10.6 Å². The van der Waals surface area contributed by atoms with E-state index in [1.807, 2.05) is 0 Å². The van der Waals surface area contributed by atoms with Gasteiger partial charge in [-0.25, -0.2) is 0 Å². The third kappa shape index (κ3) is 3.38. The van der Waals surface area contributed by atoms with Gasteiger partial charge in [-0.05, 0) is 17.1 Å². The molecule has 158 valence electrons. The largest absolute Gasteiger partial charge is 0.416 e. The molecule has 0 unspecified atom stereocenters. The number of rotatable bonds is 4. The fourth-order valence-corrected chi connectivity index (χ4v) is 4.12. The molecular weight excluding hydrogens is 429 g/mol. The fourth-order valence-electron chi connectivity index (χ4n) is 3.42. The van der Waals surface area contributed by atoms with Crippen LogP contribution in [0.3, 0.4) is 0 Å². The molecule has 3 heterocycles. The quantitative estimate of drug-likeness (QED) is 0.449. The first-order valence-corrected chi connectivity index (χ1v) is 9.50. The number of nitro benzene ring substituents is 1. The van der Waals surface area contributed by atoms with Crippen molar-refractivity contribution in [1.29, 1.82) is 0 Å². The molecule has 14 heteroatoms. The first-order valence-electron chi connectivity index (χ1n) is 8.62. The SMILES string of the molecule is O=[N+]([O-])c1cc(C(F)(F)F)ccc1N1CCN(c2nc3sccn3c2[N+](=O)[O-])CC1. The number of halogens is 3. The lowest BCUT2D eigenvalue weighted by Gasteiger charge is -2.35. The average molecular weight is 442 g/mol. The van der Waals surface area contributed by atoms with Crippen molar-refractivity contribution in [2.24, 2.45) is 0 Å². The molecule has 1 aliphatic heterocycles. The van der Waals surface area contributed by atoms with E-state index >= 15 is 0 Å². The summed E-state index contributed by atoms with van der Waals surface area (Å²) in [6, 6.07) is 2.42. The van der Waals surface area contributed by atoms with Crippen molar-refractivity contribution in [3.05, 3.63) is 55.6 Å². The van der Waals surface area contributed by atoms with E-state index in [0.29, 0.717) is 11.0 Å². The van der Waals surface area contributed by atoms with Crippen molar-refractivity contribution in [1.82, 2.24) is 9.38 Å². The zero-order chi connectivity index (χ0) is 21.6. The van der Waals surface area contributed by atoms with Crippen LogP contribution in [0.2, 0.25) is 0 Å². The summed E-state index contributed by atoms with van der Waals surface area (Å²) >= 11 is 1.25. The van der Waals surface area contributed by atoms with Crippen LogP contribution in [0.4, 0.5) is 36.2 Å². The molecule has 4 rings (SSSR count). The first kappa shape index (κ1) is 19.9. The highest BCUT2D eigenvalue weighted by atomic mass is 32.1. The number of aromatic nitrogens is 2. The Kier molecular flexibility index (Phi) is 4.72. The lowest BCUT2D eigenvalue weighted by molar-refractivity contribution is -0.389. The summed E-state index contributed by atoms with van der Waals surface area (Å²) in [4.78, 5) is 29.6. The summed E-state index contributed by atoms with van der Waals surface area (Å²) in [7, 11) is 0. The number of piperazine rings is 1. The smallest absolute Gasteiger partial charge is 0.362 e. The number of alkyl halides is 3. The number of hydrogen-bond donors (Lipinski definition) is 0. The topological polar surface area (TPSA) is 110 Å². The number of hydrogen-bond acceptors (Lipinski definition) is 8. The van der Waals surface area contributed by atoms with E-state index in [-0.39, 0.29) is 43.5 Å². The molecule has 30 heavy (non-hydrogen) atoms. The Morgan fingerprint density at radius 3 is 2.30 bits per heavy atom. The third-order valence-electron chi connectivity index (χ3n) is 4.81. The van der Waals surface area contributed by atoms with Crippen LogP contribution in [0.15, 0.2) is 29.8 Å². The van der Waals surface area contributed by atoms with Gasteiger partial charge in [-0.2, -0.15) is 22.6 Å². The number of nitrogens with zero attached hydrogens (tertiary/aromatic N) is 6. The minimum absolute atomic E-state index is 0.0768. The molecule has 2 aromatic heterocycles. The predicted octanol–water partition coefficient (Wildman–Crippen LogP) is 3.56. The van der Waals surface area contributed by atoms with Crippen LogP contribution in [-0.4, -0.2) is 45.4 Å². The highest BCUT2D eigenvalue weighted by Crippen LogP contribution is 2.37. The molecule has 0 radical (unpaired) electrons. The standard InChI is InChI=1S/C16H13F3N6O4S/c17-16(18,19)10-1-2-11(12(9-10)24(26)27)21-3-5-22(6-4-21)13-14(25(28)29)23-7-8-30-15(23)20-13/h1-2,7-9H,3-6H2. The number of thiazole rings is 1. The molecule has 1 saturated heterocycles. The van der Waals surface area contributed by atoms with Crippen molar-refractivity contribution in [2.45, 2.75) is 6.18 Å². The van der Waals surface area contributed by atoms with Gasteiger partial charge < -0.3 is 19.9 Å². The lowest BCUT2D eigenvalue weighted by Crippen LogP contribution is -2.47. The predicted molar refractivity (Wildman–Crippen MR) is 102 cm³/mol. The van der Waals surface area contributed by atoms with Crippen LogP contribution in [0.5, 0.6) is 0 Å². The fraction of sp³-hybridized carbons (Fsp3) is 0.312. The van der Waals surface area contributed by atoms with Gasteiger partial charge in [0.15, 0.2) is 0 Å². The van der Waals surface area contributed by atoms with Crippen molar-refractivity contribution in [3.63, 3.8) is 0 Å². The van der Waals surface area contributed by atoms with Gasteiger partial charge in [0.1, 0.15) is 11.9 Å². The van der Waals surface area contributed by atoms with E-state index in [1.54, 1.807) is 21.4 Å². The van der Waals surface area contributed by atoms with E-state index in [0.717, 1.165) is 12.1 Å². The van der Waals surface area contributed by atoms with Gasteiger partial charge in [0, 0.05) is 37.6 Å². The summed E-state index contributed by atoms with van der Waals surface area (Å²) in [5.41, 5.74) is -1.65. The third-order valence-corrected chi connectivity index (χ3v) is 5.57. The van der Waals surface area contributed by atoms with Gasteiger partial charge in [-0.3, -0.25) is 10.1 Å². The van der Waals surface area contributed by atoms with E-state index in [4.69, 9.17) is 0 Å². The van der Waals surface area contributed by atoms with Gasteiger partial charge in [0.2, 0.25) is 5.82 Å². The molecule has 1 aromatic carbocycles. The van der Waals surface area contributed by atoms with Crippen LogP contribution < -0.4 is 9.80 Å². The molecule has 1 fully saturated rings. The van der Waals surface area contributed by atoms with Gasteiger partial charge in [-0.15, -0.1) is 0 Å². The minimum atomic E-state index is -4.69. The lowest BCUT2D eigenvalue weighted by atomic mass is 10.1. The number of nitro groups is 2. The maximum absolute atomic E-state index is 12.9. The second-order valence-electron chi connectivity index (χ2n) is 6.50. The highest BCUT2D eigenvalue weighted by molar-refractivity contribution is 7.15. The Labute approximate surface area is 170 Å². The van der Waals surface area contributed by atoms with Crippen molar-refractivity contribution in [3.8, 4) is 0 Å². The van der Waals surface area contributed by atoms with Crippen LogP contribution in [0.25, 0.3) is 4.96 Å². The Hall–Kier alpha value is -3.42. The first-order chi connectivity index (χ1) is 14.2.